The number of nitrogens with one attached hydrogen (secondary N) is 2. The molecular formula is C18H21N5O4S2. The Labute approximate surface area is 176 Å². The molecule has 0 saturated carbocycles. The molecule has 0 bridgehead atoms. The number of carbonyl (C=O) groups excluding carboxylic acids is 3. The number of anilines is 2. The van der Waals surface area contributed by atoms with Crippen LogP contribution in [0.4, 0.5) is 10.8 Å². The zero-order valence-corrected chi connectivity index (χ0v) is 17.6. The molecule has 3 rings (SSSR count). The number of aryl methyl sites for hydroxylation is 1. The van der Waals surface area contributed by atoms with Crippen LogP contribution < -0.4 is 10.6 Å². The predicted molar refractivity (Wildman–Crippen MR) is 110 cm³/mol. The number of esters is 1. The molecule has 2 aromatic rings. The summed E-state index contributed by atoms with van der Waals surface area (Å²) < 4.78 is 5.27. The van der Waals surface area contributed by atoms with Crippen molar-refractivity contribution in [1.82, 2.24) is 20.4 Å². The lowest BCUT2D eigenvalue weighted by atomic mass is 10.1. The normalized spacial score (nSPS) is 16.3. The molecule has 0 spiro atoms. The van der Waals surface area contributed by atoms with E-state index >= 15 is 0 Å². The van der Waals surface area contributed by atoms with Gasteiger partial charge in [0.1, 0.15) is 6.04 Å². The van der Waals surface area contributed by atoms with E-state index in [4.69, 9.17) is 0 Å². The summed E-state index contributed by atoms with van der Waals surface area (Å²) in [5.41, 5.74) is 2.07. The number of ether oxygens (including phenoxy) is 1. The molecule has 1 aliphatic rings. The summed E-state index contributed by atoms with van der Waals surface area (Å²) in [6.45, 7) is 2.72. The van der Waals surface area contributed by atoms with Crippen molar-refractivity contribution >= 4 is 51.7 Å². The molecule has 0 unspecified atom stereocenters. The summed E-state index contributed by atoms with van der Waals surface area (Å²) in [6.07, 6.45) is -0.165. The van der Waals surface area contributed by atoms with Gasteiger partial charge in [-0.25, -0.2) is 0 Å². The van der Waals surface area contributed by atoms with Gasteiger partial charge in [-0.3, -0.25) is 14.4 Å². The SMILES string of the molecule is COC(=O)C[C@@H]1C(=O)NCCN1C(=O)CSc1nnc(Nc2ccc(C)cc2)s1. The zero-order valence-electron chi connectivity index (χ0n) is 16.0. The molecule has 1 fully saturated rings. The minimum Gasteiger partial charge on any atom is -0.469 e. The first kappa shape index (κ1) is 21.1. The Morgan fingerprint density at radius 2 is 2.10 bits per heavy atom. The van der Waals surface area contributed by atoms with Crippen LogP contribution in [0.5, 0.6) is 0 Å². The van der Waals surface area contributed by atoms with E-state index < -0.39 is 12.0 Å². The van der Waals surface area contributed by atoms with Gasteiger partial charge in [-0.15, -0.1) is 10.2 Å². The Hall–Kier alpha value is -2.66. The molecule has 1 aromatic carbocycles. The van der Waals surface area contributed by atoms with E-state index in [2.05, 4.69) is 25.6 Å². The van der Waals surface area contributed by atoms with Crippen molar-refractivity contribution in [3.05, 3.63) is 29.8 Å². The quantitative estimate of drug-likeness (QED) is 0.498. The van der Waals surface area contributed by atoms with Gasteiger partial charge in [-0.05, 0) is 19.1 Å². The topological polar surface area (TPSA) is 114 Å². The summed E-state index contributed by atoms with van der Waals surface area (Å²) in [5.74, 6) is -1.01. The highest BCUT2D eigenvalue weighted by Gasteiger charge is 2.34. The molecule has 154 valence electrons. The molecule has 11 heteroatoms. The van der Waals surface area contributed by atoms with E-state index in [9.17, 15) is 14.4 Å². The van der Waals surface area contributed by atoms with Gasteiger partial charge < -0.3 is 20.3 Å². The molecule has 2 heterocycles. The maximum absolute atomic E-state index is 12.6. The number of piperazine rings is 1. The minimum atomic E-state index is -0.850. The lowest BCUT2D eigenvalue weighted by Gasteiger charge is -2.34. The largest absolute Gasteiger partial charge is 0.469 e. The van der Waals surface area contributed by atoms with Crippen molar-refractivity contribution < 1.29 is 19.1 Å². The molecule has 9 nitrogen and oxygen atoms in total. The molecule has 1 saturated heterocycles. The molecule has 1 aliphatic heterocycles. The van der Waals surface area contributed by atoms with Crippen molar-refractivity contribution in [2.45, 2.75) is 23.7 Å². The van der Waals surface area contributed by atoms with Gasteiger partial charge >= 0.3 is 5.97 Å². The first-order valence-corrected chi connectivity index (χ1v) is 10.7. The number of nitrogens with zero attached hydrogens (tertiary/aromatic N) is 3. The first-order chi connectivity index (χ1) is 14.0. The minimum absolute atomic E-state index is 0.101. The Morgan fingerprint density at radius 1 is 1.34 bits per heavy atom. The first-order valence-electron chi connectivity index (χ1n) is 8.90. The van der Waals surface area contributed by atoms with Gasteiger partial charge in [0.05, 0.1) is 19.3 Å². The number of amides is 2. The van der Waals surface area contributed by atoms with E-state index in [-0.39, 0.29) is 24.0 Å². The number of hydrogen-bond donors (Lipinski definition) is 2. The maximum Gasteiger partial charge on any atom is 0.308 e. The molecule has 1 atom stereocenters. The number of aromatic nitrogens is 2. The average molecular weight is 436 g/mol. The molecule has 2 N–H and O–H groups in total. The fourth-order valence-corrected chi connectivity index (χ4v) is 4.40. The molecule has 0 aliphatic carbocycles. The highest BCUT2D eigenvalue weighted by Crippen LogP contribution is 2.28. The summed E-state index contributed by atoms with van der Waals surface area (Å²) in [6, 6.07) is 7.05. The standard InChI is InChI=1S/C18H21N5O4S2/c1-11-3-5-12(6-4-11)20-17-21-22-18(29-17)28-10-14(24)23-8-7-19-16(26)13(23)9-15(25)27-2/h3-6,13H,7-10H2,1-2H3,(H,19,26)(H,20,21)/t13-/m1/s1. The Morgan fingerprint density at radius 3 is 2.83 bits per heavy atom. The van der Waals surface area contributed by atoms with Gasteiger partial charge in [-0.2, -0.15) is 0 Å². The monoisotopic (exact) mass is 435 g/mol. The highest BCUT2D eigenvalue weighted by atomic mass is 32.2. The lowest BCUT2D eigenvalue weighted by molar-refractivity contribution is -0.149. The number of thioether (sulfide) groups is 1. The van der Waals surface area contributed by atoms with Crippen LogP contribution >= 0.6 is 23.1 Å². The third-order valence-electron chi connectivity index (χ3n) is 4.27. The molecule has 1 aromatic heterocycles. The van der Waals surface area contributed by atoms with Crippen LogP contribution in [0.25, 0.3) is 0 Å². The van der Waals surface area contributed by atoms with Gasteiger partial charge in [-0.1, -0.05) is 40.8 Å². The smallest absolute Gasteiger partial charge is 0.308 e. The van der Waals surface area contributed by atoms with Crippen LogP contribution in [0.15, 0.2) is 28.6 Å². The average Bonchev–Trinajstić information content (AvgIpc) is 3.16. The number of methoxy groups -OCH3 is 1. The second-order valence-corrected chi connectivity index (χ2v) is 8.53. The van der Waals surface area contributed by atoms with E-state index in [1.54, 1.807) is 0 Å². The number of benzene rings is 1. The highest BCUT2D eigenvalue weighted by molar-refractivity contribution is 8.01. The van der Waals surface area contributed by atoms with Crippen LogP contribution in [0.2, 0.25) is 0 Å². The summed E-state index contributed by atoms with van der Waals surface area (Å²) >= 11 is 2.59. The van der Waals surface area contributed by atoms with Crippen LogP contribution in [-0.4, -0.2) is 64.9 Å². The third kappa shape index (κ3) is 5.67. The van der Waals surface area contributed by atoms with Crippen LogP contribution in [0.3, 0.4) is 0 Å². The summed E-state index contributed by atoms with van der Waals surface area (Å²) in [5, 5.41) is 14.7. The van der Waals surface area contributed by atoms with Crippen LogP contribution in [0.1, 0.15) is 12.0 Å². The van der Waals surface area contributed by atoms with E-state index in [1.165, 1.54) is 40.7 Å². The fraction of sp³-hybridized carbons (Fsp3) is 0.389. The fourth-order valence-electron chi connectivity index (χ4n) is 2.74. The second kappa shape index (κ2) is 9.70. The van der Waals surface area contributed by atoms with Gasteiger partial charge in [0, 0.05) is 18.8 Å². The maximum atomic E-state index is 12.6. The Balaban J connectivity index is 1.56. The van der Waals surface area contributed by atoms with E-state index in [0.29, 0.717) is 22.6 Å². The van der Waals surface area contributed by atoms with Crippen molar-refractivity contribution in [3.8, 4) is 0 Å². The van der Waals surface area contributed by atoms with E-state index in [0.717, 1.165) is 5.69 Å². The Kier molecular flexibility index (Phi) is 7.04. The number of hydrogen-bond acceptors (Lipinski definition) is 9. The van der Waals surface area contributed by atoms with Crippen molar-refractivity contribution in [2.24, 2.45) is 0 Å². The lowest BCUT2D eigenvalue weighted by Crippen LogP contribution is -2.58. The molecule has 0 radical (unpaired) electrons. The number of rotatable bonds is 7. The second-order valence-electron chi connectivity index (χ2n) is 6.33. The van der Waals surface area contributed by atoms with Crippen molar-refractivity contribution in [3.63, 3.8) is 0 Å². The molecular weight excluding hydrogens is 414 g/mol. The molecule has 29 heavy (non-hydrogen) atoms. The van der Waals surface area contributed by atoms with Crippen LogP contribution in [0, 0.1) is 6.92 Å². The number of carbonyl (C=O) groups is 3. The predicted octanol–water partition coefficient (Wildman–Crippen LogP) is 1.57. The zero-order chi connectivity index (χ0) is 20.8. The molecule has 2 amide bonds. The summed E-state index contributed by atoms with van der Waals surface area (Å²) in [4.78, 5) is 37.7. The van der Waals surface area contributed by atoms with Crippen molar-refractivity contribution in [1.29, 1.82) is 0 Å². The van der Waals surface area contributed by atoms with Gasteiger partial charge in [0.25, 0.3) is 0 Å². The Bertz CT molecular complexity index is 887. The summed E-state index contributed by atoms with van der Waals surface area (Å²) in [7, 11) is 1.25. The van der Waals surface area contributed by atoms with Gasteiger partial charge in [0.2, 0.25) is 16.9 Å². The van der Waals surface area contributed by atoms with Gasteiger partial charge in [0.15, 0.2) is 4.34 Å². The third-order valence-corrected chi connectivity index (χ3v) is 6.22. The van der Waals surface area contributed by atoms with Crippen LogP contribution in [-0.2, 0) is 19.1 Å². The van der Waals surface area contributed by atoms with Crippen molar-refractivity contribution in [2.75, 3.05) is 31.3 Å². The van der Waals surface area contributed by atoms with E-state index in [1.807, 2.05) is 31.2 Å².